The summed E-state index contributed by atoms with van der Waals surface area (Å²) in [6, 6.07) is 11.3. The molecule has 1 aliphatic heterocycles. The molecule has 5 nitrogen and oxygen atoms in total. The van der Waals surface area contributed by atoms with E-state index in [1.54, 1.807) is 4.90 Å². The standard InChI is InChI=1S/C24H30N2O3S/c1-4-25(5-2)14-15-26-21(23-17(3)13-16-30-23)20(22(28)24(26)29)19(27)12-11-18-9-7-6-8-10-18/h6-10,13,16,21,28H,4-5,11-12,14-15H2,1-3H3. The molecule has 1 atom stereocenters. The first-order chi connectivity index (χ1) is 14.5. The van der Waals surface area contributed by atoms with Crippen LogP contribution >= 0.6 is 11.3 Å². The van der Waals surface area contributed by atoms with Crippen LogP contribution in [0.3, 0.4) is 0 Å². The van der Waals surface area contributed by atoms with Crippen LogP contribution in [0, 0.1) is 6.92 Å². The zero-order valence-electron chi connectivity index (χ0n) is 17.9. The lowest BCUT2D eigenvalue weighted by atomic mass is 9.96. The molecule has 1 amide bonds. The van der Waals surface area contributed by atoms with Gasteiger partial charge in [0.15, 0.2) is 11.5 Å². The first kappa shape index (κ1) is 22.2. The molecule has 3 rings (SSSR count). The number of benzene rings is 1. The topological polar surface area (TPSA) is 60.9 Å². The van der Waals surface area contributed by atoms with Crippen LogP contribution in [0.1, 0.15) is 42.3 Å². The van der Waals surface area contributed by atoms with Crippen LogP contribution in [0.4, 0.5) is 0 Å². The summed E-state index contributed by atoms with van der Waals surface area (Å²) >= 11 is 1.53. The van der Waals surface area contributed by atoms with Gasteiger partial charge in [-0.05, 0) is 49.0 Å². The normalized spacial score (nSPS) is 16.7. The number of aryl methyl sites for hydroxylation is 2. The Labute approximate surface area is 182 Å². The summed E-state index contributed by atoms with van der Waals surface area (Å²) in [4.78, 5) is 31.0. The molecule has 0 saturated carbocycles. The predicted octanol–water partition coefficient (Wildman–Crippen LogP) is 4.30. The summed E-state index contributed by atoms with van der Waals surface area (Å²) in [6.45, 7) is 9.13. The summed E-state index contributed by atoms with van der Waals surface area (Å²) < 4.78 is 0. The maximum atomic E-state index is 13.2. The Balaban J connectivity index is 1.86. The molecule has 0 aliphatic carbocycles. The van der Waals surface area contributed by atoms with Crippen molar-refractivity contribution in [1.82, 2.24) is 9.80 Å². The Morgan fingerprint density at radius 2 is 1.87 bits per heavy atom. The van der Waals surface area contributed by atoms with E-state index in [-0.39, 0.29) is 23.5 Å². The minimum Gasteiger partial charge on any atom is -0.503 e. The second-order valence-electron chi connectivity index (χ2n) is 7.57. The third-order valence-corrected chi connectivity index (χ3v) is 6.86. The highest BCUT2D eigenvalue weighted by molar-refractivity contribution is 7.10. The van der Waals surface area contributed by atoms with Gasteiger partial charge in [0.1, 0.15) is 0 Å². The molecule has 1 N–H and O–H groups in total. The lowest BCUT2D eigenvalue weighted by Crippen LogP contribution is -2.38. The van der Waals surface area contributed by atoms with Crippen molar-refractivity contribution in [2.45, 2.75) is 39.7 Å². The number of Topliss-reactive ketones (excluding diaryl/α,β-unsaturated/α-hetero) is 1. The maximum Gasteiger partial charge on any atom is 0.290 e. The summed E-state index contributed by atoms with van der Waals surface area (Å²) in [5, 5.41) is 12.7. The van der Waals surface area contributed by atoms with Crippen molar-refractivity contribution >= 4 is 23.0 Å². The van der Waals surface area contributed by atoms with Crippen LogP contribution in [0.15, 0.2) is 53.1 Å². The molecule has 0 radical (unpaired) electrons. The van der Waals surface area contributed by atoms with E-state index in [2.05, 4.69) is 18.7 Å². The molecule has 1 aromatic heterocycles. The fraction of sp³-hybridized carbons (Fsp3) is 0.417. The lowest BCUT2D eigenvalue weighted by Gasteiger charge is -2.29. The third-order valence-electron chi connectivity index (χ3n) is 5.79. The molecule has 0 bridgehead atoms. The minimum absolute atomic E-state index is 0.159. The number of rotatable bonds is 10. The van der Waals surface area contributed by atoms with E-state index in [9.17, 15) is 14.7 Å². The fourth-order valence-corrected chi connectivity index (χ4v) is 4.98. The number of ketones is 1. The van der Waals surface area contributed by atoms with Gasteiger partial charge in [-0.15, -0.1) is 11.3 Å². The van der Waals surface area contributed by atoms with E-state index in [0.29, 0.717) is 19.5 Å². The van der Waals surface area contributed by atoms with Crippen LogP contribution in [-0.4, -0.2) is 52.8 Å². The summed E-state index contributed by atoms with van der Waals surface area (Å²) in [7, 11) is 0. The Kier molecular flexibility index (Phi) is 7.45. The number of thiophene rings is 1. The van der Waals surface area contributed by atoms with Gasteiger partial charge in [0.25, 0.3) is 5.91 Å². The number of amides is 1. The minimum atomic E-state index is -0.503. The van der Waals surface area contributed by atoms with Gasteiger partial charge in [0.05, 0.1) is 11.6 Å². The number of hydrogen-bond acceptors (Lipinski definition) is 5. The Morgan fingerprint density at radius 3 is 2.47 bits per heavy atom. The van der Waals surface area contributed by atoms with Gasteiger partial charge in [0.2, 0.25) is 0 Å². The molecule has 0 fully saturated rings. The predicted molar refractivity (Wildman–Crippen MR) is 121 cm³/mol. The van der Waals surface area contributed by atoms with Gasteiger partial charge in [-0.1, -0.05) is 44.2 Å². The van der Waals surface area contributed by atoms with Crippen molar-refractivity contribution in [2.24, 2.45) is 0 Å². The number of carbonyl (C=O) groups excluding carboxylic acids is 2. The smallest absolute Gasteiger partial charge is 0.290 e. The largest absolute Gasteiger partial charge is 0.503 e. The van der Waals surface area contributed by atoms with Crippen LogP contribution in [0.25, 0.3) is 0 Å². The van der Waals surface area contributed by atoms with Crippen LogP contribution in [-0.2, 0) is 16.0 Å². The Morgan fingerprint density at radius 1 is 1.17 bits per heavy atom. The molecule has 6 heteroatoms. The van der Waals surface area contributed by atoms with Gasteiger partial charge in [-0.2, -0.15) is 0 Å². The quantitative estimate of drug-likeness (QED) is 0.615. The molecular weight excluding hydrogens is 396 g/mol. The maximum absolute atomic E-state index is 13.2. The zero-order valence-corrected chi connectivity index (χ0v) is 18.7. The fourth-order valence-electron chi connectivity index (χ4n) is 3.93. The van der Waals surface area contributed by atoms with E-state index in [1.165, 1.54) is 11.3 Å². The van der Waals surface area contributed by atoms with Gasteiger partial charge < -0.3 is 14.9 Å². The van der Waals surface area contributed by atoms with E-state index < -0.39 is 11.9 Å². The SMILES string of the molecule is CCN(CC)CCN1C(=O)C(O)=C(C(=O)CCc2ccccc2)C1c1sccc1C. The van der Waals surface area contributed by atoms with Crippen molar-refractivity contribution in [3.63, 3.8) is 0 Å². The monoisotopic (exact) mass is 426 g/mol. The number of likely N-dealkylation sites (N-methyl/N-ethyl adjacent to an activating group) is 1. The lowest BCUT2D eigenvalue weighted by molar-refractivity contribution is -0.129. The van der Waals surface area contributed by atoms with Gasteiger partial charge in [-0.3, -0.25) is 9.59 Å². The highest BCUT2D eigenvalue weighted by atomic mass is 32.1. The van der Waals surface area contributed by atoms with Crippen LogP contribution in [0.2, 0.25) is 0 Å². The second kappa shape index (κ2) is 10.0. The van der Waals surface area contributed by atoms with Gasteiger partial charge >= 0.3 is 0 Å². The molecule has 160 valence electrons. The number of hydrogen-bond donors (Lipinski definition) is 1. The number of aliphatic hydroxyl groups is 1. The first-order valence-electron chi connectivity index (χ1n) is 10.5. The van der Waals surface area contributed by atoms with E-state index >= 15 is 0 Å². The summed E-state index contributed by atoms with van der Waals surface area (Å²) in [5.74, 6) is -0.985. The van der Waals surface area contributed by atoms with E-state index in [1.807, 2.05) is 48.7 Å². The average Bonchev–Trinajstić information content (AvgIpc) is 3.29. The molecule has 0 saturated heterocycles. The van der Waals surface area contributed by atoms with Gasteiger partial charge in [0, 0.05) is 24.4 Å². The molecule has 1 unspecified atom stereocenters. The van der Waals surface area contributed by atoms with Crippen molar-refractivity contribution in [1.29, 1.82) is 0 Å². The third kappa shape index (κ3) is 4.65. The van der Waals surface area contributed by atoms with Crippen molar-refractivity contribution < 1.29 is 14.7 Å². The van der Waals surface area contributed by atoms with Crippen LogP contribution < -0.4 is 0 Å². The molecule has 1 aliphatic rings. The van der Waals surface area contributed by atoms with E-state index in [0.717, 1.165) is 29.1 Å². The number of nitrogens with zero attached hydrogens (tertiary/aromatic N) is 2. The molecule has 2 heterocycles. The van der Waals surface area contributed by atoms with Crippen molar-refractivity contribution in [3.8, 4) is 0 Å². The molecule has 30 heavy (non-hydrogen) atoms. The van der Waals surface area contributed by atoms with Crippen LogP contribution in [0.5, 0.6) is 0 Å². The molecule has 1 aromatic carbocycles. The van der Waals surface area contributed by atoms with Crippen molar-refractivity contribution in [2.75, 3.05) is 26.2 Å². The highest BCUT2D eigenvalue weighted by Crippen LogP contribution is 2.41. The Bertz CT molecular complexity index is 916. The molecular formula is C24H30N2O3S. The number of aliphatic hydroxyl groups excluding tert-OH is 1. The summed E-state index contributed by atoms with van der Waals surface area (Å²) in [6.07, 6.45) is 0.849. The molecule has 2 aromatic rings. The first-order valence-corrected chi connectivity index (χ1v) is 11.4. The van der Waals surface area contributed by atoms with Gasteiger partial charge in [-0.25, -0.2) is 0 Å². The number of carbonyl (C=O) groups is 2. The van der Waals surface area contributed by atoms with E-state index in [4.69, 9.17) is 0 Å². The second-order valence-corrected chi connectivity index (χ2v) is 8.51. The van der Waals surface area contributed by atoms with Crippen molar-refractivity contribution in [3.05, 3.63) is 69.1 Å². The summed E-state index contributed by atoms with van der Waals surface area (Å²) in [5.41, 5.74) is 2.35. The Hall–Kier alpha value is -2.44. The zero-order chi connectivity index (χ0) is 21.7. The highest BCUT2D eigenvalue weighted by Gasteiger charge is 2.44. The average molecular weight is 427 g/mol. The molecule has 0 spiro atoms.